The van der Waals surface area contributed by atoms with Gasteiger partial charge in [0.25, 0.3) is 5.56 Å². The van der Waals surface area contributed by atoms with Crippen molar-refractivity contribution in [2.24, 2.45) is 5.10 Å². The van der Waals surface area contributed by atoms with Gasteiger partial charge in [0.15, 0.2) is 5.75 Å². The molecule has 1 aromatic carbocycles. The Balaban J connectivity index is 2.23. The summed E-state index contributed by atoms with van der Waals surface area (Å²) in [6.07, 6.45) is 4.76. The van der Waals surface area contributed by atoms with Crippen LogP contribution in [0.3, 0.4) is 0 Å². The molecule has 0 atom stereocenters. The summed E-state index contributed by atoms with van der Waals surface area (Å²) in [6, 6.07) is 4.34. The Hall–Kier alpha value is -3.43. The Morgan fingerprint density at radius 1 is 1.31 bits per heavy atom. The third-order valence-corrected chi connectivity index (χ3v) is 4.01. The minimum Gasteiger partial charge on any atom is -0.493 e. The number of methoxy groups -OCH3 is 1. The molecule has 0 unspecified atom stereocenters. The fourth-order valence-corrected chi connectivity index (χ4v) is 2.55. The maximum Gasteiger partial charge on any atom is 0.315 e. The third kappa shape index (κ3) is 6.30. The van der Waals surface area contributed by atoms with Crippen LogP contribution in [0.2, 0.25) is 0 Å². The lowest BCUT2D eigenvalue weighted by molar-refractivity contribution is -0.386. The average molecular weight is 403 g/mol. The van der Waals surface area contributed by atoms with Crippen molar-refractivity contribution in [2.75, 3.05) is 19.1 Å². The number of nitrogens with one attached hydrogen (secondary N) is 2. The molecule has 0 fully saturated rings. The lowest BCUT2D eigenvalue weighted by atomic mass is 10.2. The number of anilines is 1. The smallest absolute Gasteiger partial charge is 0.315 e. The van der Waals surface area contributed by atoms with Crippen LogP contribution in [0.1, 0.15) is 44.4 Å². The van der Waals surface area contributed by atoms with E-state index in [1.807, 2.05) is 6.92 Å². The minimum atomic E-state index is -0.522. The molecule has 0 saturated heterocycles. The lowest BCUT2D eigenvalue weighted by Gasteiger charge is -2.11. The molecule has 0 aliphatic heterocycles. The van der Waals surface area contributed by atoms with Crippen molar-refractivity contribution in [3.63, 3.8) is 0 Å². The van der Waals surface area contributed by atoms with E-state index in [4.69, 9.17) is 9.47 Å². The first-order chi connectivity index (χ1) is 14.0. The molecule has 10 heteroatoms. The fourth-order valence-electron chi connectivity index (χ4n) is 2.55. The van der Waals surface area contributed by atoms with Crippen LogP contribution in [0.5, 0.6) is 11.5 Å². The first kappa shape index (κ1) is 21.9. The molecule has 0 bridgehead atoms. The number of hydrogen-bond donors (Lipinski definition) is 2. The number of aromatic nitrogens is 2. The number of hydrogen-bond acceptors (Lipinski definition) is 8. The number of unbranched alkanes of at least 4 members (excludes halogenated alkanes) is 2. The molecule has 1 aromatic heterocycles. The highest BCUT2D eigenvalue weighted by Gasteiger charge is 2.22. The molecular formula is C19H25N5O5. The number of hydrazone groups is 1. The van der Waals surface area contributed by atoms with Crippen LogP contribution < -0.4 is 20.5 Å². The maximum atomic E-state index is 11.6. The van der Waals surface area contributed by atoms with E-state index in [9.17, 15) is 14.9 Å². The number of aryl methyl sites for hydroxylation is 1. The number of nitrogens with zero attached hydrogens (tertiary/aromatic N) is 3. The Labute approximate surface area is 168 Å². The molecule has 0 spiro atoms. The molecule has 0 aliphatic rings. The van der Waals surface area contributed by atoms with Gasteiger partial charge in [0, 0.05) is 23.4 Å². The number of benzene rings is 1. The van der Waals surface area contributed by atoms with E-state index in [0.29, 0.717) is 24.3 Å². The number of ether oxygens (including phenoxy) is 2. The molecule has 2 aromatic rings. The zero-order valence-corrected chi connectivity index (χ0v) is 16.7. The molecule has 10 nitrogen and oxygen atoms in total. The summed E-state index contributed by atoms with van der Waals surface area (Å²) < 4.78 is 10.9. The van der Waals surface area contributed by atoms with Crippen LogP contribution in [-0.4, -0.2) is 34.8 Å². The van der Waals surface area contributed by atoms with Gasteiger partial charge in [0.1, 0.15) is 0 Å². The second kappa shape index (κ2) is 10.8. The number of rotatable bonds is 11. The van der Waals surface area contributed by atoms with Crippen LogP contribution in [0.4, 0.5) is 11.6 Å². The largest absolute Gasteiger partial charge is 0.493 e. The summed E-state index contributed by atoms with van der Waals surface area (Å²) >= 11 is 0. The highest BCUT2D eigenvalue weighted by atomic mass is 16.6. The van der Waals surface area contributed by atoms with Gasteiger partial charge in [0.2, 0.25) is 11.7 Å². The van der Waals surface area contributed by atoms with E-state index in [1.54, 1.807) is 6.07 Å². The highest BCUT2D eigenvalue weighted by molar-refractivity contribution is 5.83. The number of H-pyrrole nitrogens is 1. The number of aromatic amines is 1. The van der Waals surface area contributed by atoms with Gasteiger partial charge in [-0.15, -0.1) is 0 Å². The van der Waals surface area contributed by atoms with Gasteiger partial charge < -0.3 is 9.47 Å². The fraction of sp³-hybridized carbons (Fsp3) is 0.421. The van der Waals surface area contributed by atoms with Gasteiger partial charge in [0.05, 0.1) is 24.9 Å². The van der Waals surface area contributed by atoms with Crippen molar-refractivity contribution >= 4 is 17.9 Å². The average Bonchev–Trinajstić information content (AvgIpc) is 2.70. The van der Waals surface area contributed by atoms with Crippen molar-refractivity contribution in [3.05, 3.63) is 49.9 Å². The molecule has 1 heterocycles. The van der Waals surface area contributed by atoms with Gasteiger partial charge in [-0.2, -0.15) is 5.10 Å². The highest BCUT2D eigenvalue weighted by Crippen LogP contribution is 2.38. The van der Waals surface area contributed by atoms with Crippen molar-refractivity contribution in [1.29, 1.82) is 0 Å². The van der Waals surface area contributed by atoms with E-state index in [1.165, 1.54) is 25.5 Å². The molecule has 0 aliphatic carbocycles. The monoisotopic (exact) mass is 403 g/mol. The molecule has 2 N–H and O–H groups in total. The maximum absolute atomic E-state index is 11.6. The van der Waals surface area contributed by atoms with E-state index >= 15 is 0 Å². The Morgan fingerprint density at radius 3 is 2.76 bits per heavy atom. The third-order valence-electron chi connectivity index (χ3n) is 4.01. The molecule has 0 radical (unpaired) electrons. The van der Waals surface area contributed by atoms with Crippen LogP contribution in [-0.2, 0) is 6.42 Å². The van der Waals surface area contributed by atoms with Crippen molar-refractivity contribution in [2.45, 2.75) is 39.5 Å². The zero-order valence-electron chi connectivity index (χ0n) is 16.7. The predicted octanol–water partition coefficient (Wildman–Crippen LogP) is 3.26. The summed E-state index contributed by atoms with van der Waals surface area (Å²) in [6.45, 7) is 4.31. The molecule has 0 amide bonds. The van der Waals surface area contributed by atoms with Gasteiger partial charge in [-0.3, -0.25) is 19.9 Å². The Morgan fingerprint density at radius 2 is 2.10 bits per heavy atom. The van der Waals surface area contributed by atoms with Crippen LogP contribution >= 0.6 is 0 Å². The summed E-state index contributed by atoms with van der Waals surface area (Å²) in [7, 11) is 1.42. The molecule has 156 valence electrons. The molecular weight excluding hydrogens is 378 g/mol. The summed E-state index contributed by atoms with van der Waals surface area (Å²) in [4.78, 5) is 29.3. The first-order valence-electron chi connectivity index (χ1n) is 9.37. The summed E-state index contributed by atoms with van der Waals surface area (Å²) in [5, 5.41) is 15.5. The normalized spacial score (nSPS) is 10.9. The second-order valence-corrected chi connectivity index (χ2v) is 6.19. The van der Waals surface area contributed by atoms with Gasteiger partial charge in [-0.25, -0.2) is 10.4 Å². The lowest BCUT2D eigenvalue weighted by Crippen LogP contribution is -2.11. The van der Waals surface area contributed by atoms with Crippen LogP contribution in [0.25, 0.3) is 0 Å². The Kier molecular flexibility index (Phi) is 8.13. The van der Waals surface area contributed by atoms with Crippen molar-refractivity contribution in [3.8, 4) is 11.5 Å². The SMILES string of the molecule is CCCCCOc1c(OC)cc(/C=N\Nc2nc(CC)cc(=O)[nH]2)cc1[N+](=O)[O-]. The topological polar surface area (TPSA) is 132 Å². The van der Waals surface area contributed by atoms with Gasteiger partial charge in [-0.1, -0.05) is 26.7 Å². The van der Waals surface area contributed by atoms with Crippen molar-refractivity contribution < 1.29 is 14.4 Å². The van der Waals surface area contributed by atoms with Crippen LogP contribution in [0, 0.1) is 10.1 Å². The van der Waals surface area contributed by atoms with Gasteiger partial charge >= 0.3 is 5.69 Å². The van der Waals surface area contributed by atoms with E-state index in [2.05, 4.69) is 27.4 Å². The van der Waals surface area contributed by atoms with E-state index < -0.39 is 4.92 Å². The van der Waals surface area contributed by atoms with E-state index in [-0.39, 0.29) is 28.7 Å². The molecule has 2 rings (SSSR count). The first-order valence-corrected chi connectivity index (χ1v) is 9.37. The second-order valence-electron chi connectivity index (χ2n) is 6.19. The summed E-state index contributed by atoms with van der Waals surface area (Å²) in [5.41, 5.74) is 3.16. The quantitative estimate of drug-likeness (QED) is 0.255. The molecule has 29 heavy (non-hydrogen) atoms. The van der Waals surface area contributed by atoms with E-state index in [0.717, 1.165) is 19.3 Å². The van der Waals surface area contributed by atoms with Crippen LogP contribution in [0.15, 0.2) is 28.1 Å². The minimum absolute atomic E-state index is 0.0976. The van der Waals surface area contributed by atoms with Gasteiger partial charge in [-0.05, 0) is 18.9 Å². The number of nitro benzene ring substituents is 1. The molecule has 0 saturated carbocycles. The predicted molar refractivity (Wildman–Crippen MR) is 110 cm³/mol. The Bertz CT molecular complexity index is 926. The summed E-state index contributed by atoms with van der Waals surface area (Å²) in [5.74, 6) is 0.528. The standard InChI is InChI=1S/C19H25N5O5/c1-4-6-7-8-29-18-15(24(26)27)9-13(10-16(18)28-3)12-20-23-19-21-14(5-2)11-17(25)22-19/h9-12H,4-8H2,1-3H3,(H2,21,22,23,25)/b20-12-. The number of nitro groups is 1. The van der Waals surface area contributed by atoms with Crippen molar-refractivity contribution in [1.82, 2.24) is 9.97 Å². The zero-order chi connectivity index (χ0) is 21.2.